The van der Waals surface area contributed by atoms with E-state index in [4.69, 9.17) is 4.42 Å². The molecule has 0 spiro atoms. The van der Waals surface area contributed by atoms with Crippen molar-refractivity contribution in [3.8, 4) is 10.8 Å². The highest BCUT2D eigenvalue weighted by molar-refractivity contribution is 7.15. The van der Waals surface area contributed by atoms with Crippen molar-refractivity contribution in [2.24, 2.45) is 0 Å². The van der Waals surface area contributed by atoms with Crippen molar-refractivity contribution in [1.29, 1.82) is 0 Å². The second-order valence-electron chi connectivity index (χ2n) is 5.82. The zero-order chi connectivity index (χ0) is 16.7. The van der Waals surface area contributed by atoms with Gasteiger partial charge in [-0.15, -0.1) is 11.3 Å². The van der Waals surface area contributed by atoms with Crippen LogP contribution in [0.3, 0.4) is 0 Å². The summed E-state index contributed by atoms with van der Waals surface area (Å²) in [4.78, 5) is 17.9. The van der Waals surface area contributed by atoms with Gasteiger partial charge in [-0.05, 0) is 30.2 Å². The number of fused-ring (bicyclic) bond motifs is 1. The summed E-state index contributed by atoms with van der Waals surface area (Å²) in [6.07, 6.45) is 1.52. The molecule has 2 unspecified atom stereocenters. The van der Waals surface area contributed by atoms with Gasteiger partial charge in [0.05, 0.1) is 18.4 Å². The molecule has 0 radical (unpaired) electrons. The van der Waals surface area contributed by atoms with Gasteiger partial charge in [-0.1, -0.05) is 24.3 Å². The van der Waals surface area contributed by atoms with E-state index in [0.717, 1.165) is 16.0 Å². The van der Waals surface area contributed by atoms with Crippen molar-refractivity contribution >= 4 is 17.2 Å². The summed E-state index contributed by atoms with van der Waals surface area (Å²) in [7, 11) is 0. The minimum atomic E-state index is -0.616. The molecule has 1 aliphatic carbocycles. The second-order valence-corrected chi connectivity index (χ2v) is 7.03. The van der Waals surface area contributed by atoms with E-state index in [1.807, 2.05) is 37.3 Å². The summed E-state index contributed by atoms with van der Waals surface area (Å²) in [5, 5.41) is 13.9. The smallest absolute Gasteiger partial charge is 0.271 e. The first-order chi connectivity index (χ1) is 11.6. The Morgan fingerprint density at radius 3 is 2.96 bits per heavy atom. The van der Waals surface area contributed by atoms with E-state index in [-0.39, 0.29) is 5.91 Å². The van der Waals surface area contributed by atoms with Crippen LogP contribution in [0.2, 0.25) is 0 Å². The average molecular weight is 340 g/mol. The predicted octanol–water partition coefficient (Wildman–Crippen LogP) is 3.10. The van der Waals surface area contributed by atoms with Gasteiger partial charge in [0, 0.05) is 11.3 Å². The van der Waals surface area contributed by atoms with Gasteiger partial charge in [0.2, 0.25) is 0 Å². The Hall–Kier alpha value is -2.44. The van der Waals surface area contributed by atoms with Crippen LogP contribution in [0, 0.1) is 6.92 Å². The summed E-state index contributed by atoms with van der Waals surface area (Å²) < 4.78 is 5.34. The number of furan rings is 1. The standard InChI is InChI=1S/C18H16N2O3S/c1-10-15(20-18(24-10)14-7-4-8-23-14)17(22)19-16-12-6-3-2-5-11(12)9-13(16)21/h2-8,13,16,21H,9H2,1H3,(H,19,22). The highest BCUT2D eigenvalue weighted by Gasteiger charge is 2.33. The summed E-state index contributed by atoms with van der Waals surface area (Å²) in [5.41, 5.74) is 2.42. The molecule has 2 N–H and O–H groups in total. The Bertz CT molecular complexity index is 886. The highest BCUT2D eigenvalue weighted by atomic mass is 32.1. The fourth-order valence-corrected chi connectivity index (χ4v) is 3.95. The molecule has 1 aliphatic rings. The summed E-state index contributed by atoms with van der Waals surface area (Å²) in [6, 6.07) is 11.0. The molecule has 0 saturated heterocycles. The van der Waals surface area contributed by atoms with E-state index < -0.39 is 12.1 Å². The van der Waals surface area contributed by atoms with Gasteiger partial charge >= 0.3 is 0 Å². The molecule has 24 heavy (non-hydrogen) atoms. The first kappa shape index (κ1) is 15.1. The Kier molecular flexibility index (Phi) is 3.70. The van der Waals surface area contributed by atoms with Crippen molar-refractivity contribution in [3.63, 3.8) is 0 Å². The molecule has 2 atom stereocenters. The molecule has 0 fully saturated rings. The lowest BCUT2D eigenvalue weighted by Crippen LogP contribution is -2.34. The Labute approximate surface area is 143 Å². The van der Waals surface area contributed by atoms with Crippen LogP contribution in [0.25, 0.3) is 10.8 Å². The maximum atomic E-state index is 12.7. The zero-order valence-electron chi connectivity index (χ0n) is 13.0. The van der Waals surface area contributed by atoms with Crippen LogP contribution in [0.15, 0.2) is 47.1 Å². The van der Waals surface area contributed by atoms with Crippen molar-refractivity contribution in [3.05, 3.63) is 64.4 Å². The van der Waals surface area contributed by atoms with Gasteiger partial charge in [-0.3, -0.25) is 4.79 Å². The van der Waals surface area contributed by atoms with Crippen molar-refractivity contribution in [2.75, 3.05) is 0 Å². The van der Waals surface area contributed by atoms with Crippen LogP contribution in [0.4, 0.5) is 0 Å². The largest absolute Gasteiger partial charge is 0.462 e. The number of amides is 1. The molecule has 0 bridgehead atoms. The Morgan fingerprint density at radius 2 is 2.17 bits per heavy atom. The van der Waals surface area contributed by atoms with Gasteiger partial charge in [0.15, 0.2) is 10.8 Å². The number of benzene rings is 1. The van der Waals surface area contributed by atoms with Crippen LogP contribution < -0.4 is 5.32 Å². The number of thiazole rings is 1. The summed E-state index contributed by atoms with van der Waals surface area (Å²) in [6.45, 7) is 1.86. The molecule has 4 rings (SSSR count). The second kappa shape index (κ2) is 5.89. The van der Waals surface area contributed by atoms with E-state index in [1.54, 1.807) is 12.3 Å². The molecule has 2 aromatic heterocycles. The van der Waals surface area contributed by atoms with Crippen molar-refractivity contribution in [1.82, 2.24) is 10.3 Å². The number of aliphatic hydroxyl groups is 1. The van der Waals surface area contributed by atoms with Crippen molar-refractivity contribution < 1.29 is 14.3 Å². The first-order valence-corrected chi connectivity index (χ1v) is 8.53. The lowest BCUT2D eigenvalue weighted by molar-refractivity contribution is 0.0853. The number of nitrogens with one attached hydrogen (secondary N) is 1. The van der Waals surface area contributed by atoms with E-state index in [2.05, 4.69) is 10.3 Å². The monoisotopic (exact) mass is 340 g/mol. The maximum absolute atomic E-state index is 12.7. The van der Waals surface area contributed by atoms with Crippen LogP contribution in [-0.4, -0.2) is 22.1 Å². The van der Waals surface area contributed by atoms with Crippen LogP contribution in [-0.2, 0) is 6.42 Å². The van der Waals surface area contributed by atoms with Gasteiger partial charge < -0.3 is 14.8 Å². The Balaban J connectivity index is 1.59. The third-order valence-corrected chi connectivity index (χ3v) is 5.22. The predicted molar refractivity (Wildman–Crippen MR) is 90.9 cm³/mol. The SMILES string of the molecule is Cc1sc(-c2ccco2)nc1C(=O)NC1c2ccccc2CC1O. The normalized spacial score (nSPS) is 19.2. The fraction of sp³-hybridized carbons (Fsp3) is 0.222. The molecule has 0 aliphatic heterocycles. The number of aromatic nitrogens is 1. The molecule has 2 heterocycles. The number of hydrogen-bond donors (Lipinski definition) is 2. The third kappa shape index (κ3) is 2.53. The van der Waals surface area contributed by atoms with Crippen LogP contribution in [0.5, 0.6) is 0 Å². The van der Waals surface area contributed by atoms with E-state index in [1.165, 1.54) is 11.3 Å². The van der Waals surface area contributed by atoms with E-state index in [0.29, 0.717) is 22.9 Å². The number of carbonyl (C=O) groups excluding carboxylic acids is 1. The topological polar surface area (TPSA) is 75.4 Å². The minimum absolute atomic E-state index is 0.276. The quantitative estimate of drug-likeness (QED) is 0.768. The number of hydrogen-bond acceptors (Lipinski definition) is 5. The van der Waals surface area contributed by atoms with Gasteiger partial charge in [-0.25, -0.2) is 4.98 Å². The number of carbonyl (C=O) groups is 1. The van der Waals surface area contributed by atoms with Crippen LogP contribution >= 0.6 is 11.3 Å². The summed E-state index contributed by atoms with van der Waals surface area (Å²) in [5.74, 6) is 0.371. The molecule has 1 aromatic carbocycles. The number of aliphatic hydroxyl groups excluding tert-OH is 1. The number of rotatable bonds is 3. The molecule has 5 nitrogen and oxygen atoms in total. The van der Waals surface area contributed by atoms with Gasteiger partial charge in [-0.2, -0.15) is 0 Å². The molecule has 3 aromatic rings. The zero-order valence-corrected chi connectivity index (χ0v) is 13.8. The Morgan fingerprint density at radius 1 is 1.33 bits per heavy atom. The highest BCUT2D eigenvalue weighted by Crippen LogP contribution is 2.32. The molecule has 122 valence electrons. The third-order valence-electron chi connectivity index (χ3n) is 4.23. The summed E-state index contributed by atoms with van der Waals surface area (Å²) >= 11 is 1.42. The van der Waals surface area contributed by atoms with Gasteiger partial charge in [0.25, 0.3) is 5.91 Å². The minimum Gasteiger partial charge on any atom is -0.462 e. The lowest BCUT2D eigenvalue weighted by Gasteiger charge is -2.17. The van der Waals surface area contributed by atoms with Crippen molar-refractivity contribution in [2.45, 2.75) is 25.5 Å². The van der Waals surface area contributed by atoms with Gasteiger partial charge in [0.1, 0.15) is 5.69 Å². The van der Waals surface area contributed by atoms with Crippen LogP contribution in [0.1, 0.15) is 32.5 Å². The molecule has 6 heteroatoms. The fourth-order valence-electron chi connectivity index (χ4n) is 3.07. The maximum Gasteiger partial charge on any atom is 0.271 e. The molecule has 0 saturated carbocycles. The first-order valence-electron chi connectivity index (χ1n) is 7.71. The average Bonchev–Trinajstić information content (AvgIpc) is 3.27. The van der Waals surface area contributed by atoms with E-state index >= 15 is 0 Å². The number of nitrogens with zero attached hydrogens (tertiary/aromatic N) is 1. The number of aryl methyl sites for hydroxylation is 1. The molecular formula is C18H16N2O3S. The lowest BCUT2D eigenvalue weighted by atomic mass is 10.1. The molecule has 1 amide bonds. The molecular weight excluding hydrogens is 324 g/mol. The van der Waals surface area contributed by atoms with E-state index in [9.17, 15) is 9.90 Å².